The molecule has 1 heterocycles. The van der Waals surface area contributed by atoms with E-state index in [2.05, 4.69) is 25.7 Å². The van der Waals surface area contributed by atoms with E-state index in [9.17, 15) is 4.79 Å². The molecule has 1 rings (SSSR count). The number of piperidine rings is 1. The summed E-state index contributed by atoms with van der Waals surface area (Å²) in [6.45, 7) is 7.39. The van der Waals surface area contributed by atoms with Crippen molar-refractivity contribution in [3.8, 4) is 0 Å². The molecule has 0 N–H and O–H groups in total. The first kappa shape index (κ1) is 10.6. The Hall–Kier alpha value is -0.530. The van der Waals surface area contributed by atoms with Crippen LogP contribution in [0.25, 0.3) is 0 Å². The van der Waals surface area contributed by atoms with Crippen LogP contribution in [0.1, 0.15) is 46.5 Å². The summed E-state index contributed by atoms with van der Waals surface area (Å²) in [4.78, 5) is 13.9. The van der Waals surface area contributed by atoms with Crippen LogP contribution in [0.3, 0.4) is 0 Å². The van der Waals surface area contributed by atoms with E-state index in [1.165, 1.54) is 6.42 Å². The molecule has 2 unspecified atom stereocenters. The van der Waals surface area contributed by atoms with Gasteiger partial charge in [-0.1, -0.05) is 13.8 Å². The van der Waals surface area contributed by atoms with Crippen molar-refractivity contribution in [2.75, 3.05) is 6.54 Å². The molecule has 0 aliphatic carbocycles. The van der Waals surface area contributed by atoms with Crippen molar-refractivity contribution in [2.24, 2.45) is 5.92 Å². The fourth-order valence-corrected chi connectivity index (χ4v) is 2.01. The maximum Gasteiger partial charge on any atom is 0.225 e. The summed E-state index contributed by atoms with van der Waals surface area (Å²) in [6.07, 6.45) is 4.37. The highest BCUT2D eigenvalue weighted by Gasteiger charge is 2.29. The molecule has 2 heteroatoms. The van der Waals surface area contributed by atoms with Gasteiger partial charge in [0.25, 0.3) is 0 Å². The monoisotopic (exact) mass is 183 g/mol. The SMILES string of the molecule is CCC1CCCN(C(C)CC)C1=O. The molecule has 1 aliphatic heterocycles. The third-order valence-corrected chi connectivity index (χ3v) is 3.20. The first-order valence-corrected chi connectivity index (χ1v) is 5.51. The van der Waals surface area contributed by atoms with Gasteiger partial charge in [0.15, 0.2) is 0 Å². The van der Waals surface area contributed by atoms with Gasteiger partial charge in [-0.25, -0.2) is 0 Å². The van der Waals surface area contributed by atoms with Crippen molar-refractivity contribution in [3.63, 3.8) is 0 Å². The van der Waals surface area contributed by atoms with Crippen LogP contribution in [0.15, 0.2) is 0 Å². The fourth-order valence-electron chi connectivity index (χ4n) is 2.01. The lowest BCUT2D eigenvalue weighted by Gasteiger charge is -2.36. The summed E-state index contributed by atoms with van der Waals surface area (Å²) < 4.78 is 0. The molecule has 0 radical (unpaired) electrons. The van der Waals surface area contributed by atoms with Crippen LogP contribution in [0.5, 0.6) is 0 Å². The molecule has 0 bridgehead atoms. The predicted molar refractivity (Wildman–Crippen MR) is 54.5 cm³/mol. The normalized spacial score (nSPS) is 26.2. The van der Waals surface area contributed by atoms with Gasteiger partial charge in [0.2, 0.25) is 5.91 Å². The van der Waals surface area contributed by atoms with Crippen LogP contribution in [0.2, 0.25) is 0 Å². The van der Waals surface area contributed by atoms with Gasteiger partial charge in [-0.05, 0) is 32.6 Å². The topological polar surface area (TPSA) is 20.3 Å². The average Bonchev–Trinajstić information content (AvgIpc) is 2.17. The Morgan fingerprint density at radius 3 is 2.77 bits per heavy atom. The van der Waals surface area contributed by atoms with E-state index < -0.39 is 0 Å². The zero-order valence-electron chi connectivity index (χ0n) is 9.05. The predicted octanol–water partition coefficient (Wildman–Crippen LogP) is 2.43. The molecule has 0 spiro atoms. The summed E-state index contributed by atoms with van der Waals surface area (Å²) in [5.74, 6) is 0.700. The number of amides is 1. The third-order valence-electron chi connectivity index (χ3n) is 3.20. The van der Waals surface area contributed by atoms with E-state index in [-0.39, 0.29) is 0 Å². The Morgan fingerprint density at radius 2 is 2.23 bits per heavy atom. The molecule has 2 atom stereocenters. The minimum atomic E-state index is 0.308. The lowest BCUT2D eigenvalue weighted by Crippen LogP contribution is -2.45. The van der Waals surface area contributed by atoms with Gasteiger partial charge in [-0.15, -0.1) is 0 Å². The molecular weight excluding hydrogens is 162 g/mol. The highest BCUT2D eigenvalue weighted by Crippen LogP contribution is 2.23. The van der Waals surface area contributed by atoms with Gasteiger partial charge < -0.3 is 4.90 Å². The van der Waals surface area contributed by atoms with E-state index in [4.69, 9.17) is 0 Å². The lowest BCUT2D eigenvalue weighted by atomic mass is 9.93. The first-order chi connectivity index (χ1) is 6.20. The molecule has 1 amide bonds. The smallest absolute Gasteiger partial charge is 0.225 e. The maximum absolute atomic E-state index is 11.9. The molecule has 13 heavy (non-hydrogen) atoms. The molecule has 1 aliphatic rings. The van der Waals surface area contributed by atoms with Gasteiger partial charge in [0, 0.05) is 18.5 Å². The Labute approximate surface area is 81.3 Å². The number of hydrogen-bond donors (Lipinski definition) is 0. The minimum Gasteiger partial charge on any atom is -0.340 e. The highest BCUT2D eigenvalue weighted by atomic mass is 16.2. The van der Waals surface area contributed by atoms with E-state index in [0.717, 1.165) is 25.8 Å². The van der Waals surface area contributed by atoms with Crippen LogP contribution < -0.4 is 0 Å². The van der Waals surface area contributed by atoms with Crippen LogP contribution in [0, 0.1) is 5.92 Å². The number of hydrogen-bond acceptors (Lipinski definition) is 1. The zero-order valence-corrected chi connectivity index (χ0v) is 9.05. The Morgan fingerprint density at radius 1 is 1.54 bits per heavy atom. The molecule has 0 aromatic carbocycles. The summed E-state index contributed by atoms with van der Waals surface area (Å²) in [6, 6.07) is 0.432. The van der Waals surface area contributed by atoms with Gasteiger partial charge >= 0.3 is 0 Å². The second-order valence-electron chi connectivity index (χ2n) is 4.04. The van der Waals surface area contributed by atoms with Crippen LogP contribution in [0.4, 0.5) is 0 Å². The number of carbonyl (C=O) groups excluding carboxylic acids is 1. The number of rotatable bonds is 3. The molecule has 76 valence electrons. The van der Waals surface area contributed by atoms with E-state index in [1.54, 1.807) is 0 Å². The quantitative estimate of drug-likeness (QED) is 0.658. The second-order valence-corrected chi connectivity index (χ2v) is 4.04. The summed E-state index contributed by atoms with van der Waals surface area (Å²) in [5, 5.41) is 0. The third kappa shape index (κ3) is 2.23. The zero-order chi connectivity index (χ0) is 9.84. The van der Waals surface area contributed by atoms with E-state index in [1.807, 2.05) is 0 Å². The van der Waals surface area contributed by atoms with Crippen LogP contribution >= 0.6 is 0 Å². The lowest BCUT2D eigenvalue weighted by molar-refractivity contribution is -0.140. The van der Waals surface area contributed by atoms with Crippen molar-refractivity contribution >= 4 is 5.91 Å². The minimum absolute atomic E-state index is 0.308. The van der Waals surface area contributed by atoms with Crippen molar-refractivity contribution in [1.82, 2.24) is 4.90 Å². The van der Waals surface area contributed by atoms with Crippen molar-refractivity contribution in [1.29, 1.82) is 0 Å². The molecule has 2 nitrogen and oxygen atoms in total. The van der Waals surface area contributed by atoms with Gasteiger partial charge in [0.1, 0.15) is 0 Å². The Balaban J connectivity index is 2.59. The fraction of sp³-hybridized carbons (Fsp3) is 0.909. The largest absolute Gasteiger partial charge is 0.340 e. The number of likely N-dealkylation sites (tertiary alicyclic amines) is 1. The van der Waals surface area contributed by atoms with Crippen molar-refractivity contribution in [2.45, 2.75) is 52.5 Å². The van der Waals surface area contributed by atoms with Gasteiger partial charge in [-0.2, -0.15) is 0 Å². The molecule has 1 saturated heterocycles. The summed E-state index contributed by atoms with van der Waals surface area (Å²) in [7, 11) is 0. The second kappa shape index (κ2) is 4.64. The van der Waals surface area contributed by atoms with Gasteiger partial charge in [0.05, 0.1) is 0 Å². The Kier molecular flexibility index (Phi) is 3.76. The summed E-state index contributed by atoms with van der Waals surface area (Å²) in [5.41, 5.74) is 0. The number of carbonyl (C=O) groups is 1. The Bertz CT molecular complexity index is 179. The highest BCUT2D eigenvalue weighted by molar-refractivity contribution is 5.79. The van der Waals surface area contributed by atoms with Crippen LogP contribution in [-0.4, -0.2) is 23.4 Å². The molecule has 0 aromatic rings. The molecule has 0 aromatic heterocycles. The first-order valence-electron chi connectivity index (χ1n) is 5.51. The van der Waals surface area contributed by atoms with Crippen molar-refractivity contribution < 1.29 is 4.79 Å². The average molecular weight is 183 g/mol. The van der Waals surface area contributed by atoms with E-state index >= 15 is 0 Å². The molecular formula is C11H21NO. The summed E-state index contributed by atoms with van der Waals surface area (Å²) >= 11 is 0. The molecule has 1 fully saturated rings. The van der Waals surface area contributed by atoms with Crippen LogP contribution in [-0.2, 0) is 4.79 Å². The van der Waals surface area contributed by atoms with Gasteiger partial charge in [-0.3, -0.25) is 4.79 Å². The molecule has 0 saturated carbocycles. The van der Waals surface area contributed by atoms with Crippen molar-refractivity contribution in [3.05, 3.63) is 0 Å². The number of nitrogens with zero attached hydrogens (tertiary/aromatic N) is 1. The maximum atomic E-state index is 11.9. The van der Waals surface area contributed by atoms with E-state index in [0.29, 0.717) is 17.9 Å². The standard InChI is InChI=1S/C11H21NO/c1-4-9(3)12-8-6-7-10(5-2)11(12)13/h9-10H,4-8H2,1-3H3.